The van der Waals surface area contributed by atoms with E-state index < -0.39 is 0 Å². The average Bonchev–Trinajstić information content (AvgIpc) is 2.91. The molecule has 0 saturated heterocycles. The van der Waals surface area contributed by atoms with E-state index in [9.17, 15) is 4.79 Å². The summed E-state index contributed by atoms with van der Waals surface area (Å²) in [6, 6.07) is 3.30. The minimum Gasteiger partial charge on any atom is -0.362 e. The molecule has 2 amide bonds. The molecule has 8 nitrogen and oxygen atoms in total. The third-order valence-electron chi connectivity index (χ3n) is 3.21. The van der Waals surface area contributed by atoms with Crippen LogP contribution in [0.25, 0.3) is 0 Å². The molecule has 0 fully saturated rings. The quantitative estimate of drug-likeness (QED) is 0.854. The van der Waals surface area contributed by atoms with Crippen molar-refractivity contribution < 1.29 is 4.79 Å². The Labute approximate surface area is 129 Å². The van der Waals surface area contributed by atoms with Crippen molar-refractivity contribution in [3.63, 3.8) is 0 Å². The summed E-state index contributed by atoms with van der Waals surface area (Å²) in [5, 5.41) is 13.4. The molecule has 118 valence electrons. The lowest BCUT2D eigenvalue weighted by Crippen LogP contribution is -2.37. The summed E-state index contributed by atoms with van der Waals surface area (Å²) >= 11 is 0. The summed E-state index contributed by atoms with van der Waals surface area (Å²) in [7, 11) is 5.68. The summed E-state index contributed by atoms with van der Waals surface area (Å²) in [6.45, 7) is 2.26. The highest BCUT2D eigenvalue weighted by molar-refractivity contribution is 5.74. The van der Waals surface area contributed by atoms with Crippen molar-refractivity contribution in [2.75, 3.05) is 19.0 Å². The van der Waals surface area contributed by atoms with E-state index in [4.69, 9.17) is 0 Å². The Morgan fingerprint density at radius 1 is 1.45 bits per heavy atom. The van der Waals surface area contributed by atoms with E-state index in [1.165, 1.54) is 0 Å². The van der Waals surface area contributed by atoms with Gasteiger partial charge in [-0.2, -0.15) is 0 Å². The Morgan fingerprint density at radius 3 is 2.86 bits per heavy atom. The lowest BCUT2D eigenvalue weighted by molar-refractivity contribution is 0.237. The molecule has 22 heavy (non-hydrogen) atoms. The van der Waals surface area contributed by atoms with Crippen LogP contribution in [-0.4, -0.2) is 39.9 Å². The number of nitrogens with one attached hydrogen (secondary N) is 2. The van der Waals surface area contributed by atoms with Crippen molar-refractivity contribution in [3.8, 4) is 0 Å². The van der Waals surface area contributed by atoms with Crippen molar-refractivity contribution in [1.29, 1.82) is 0 Å². The number of amides is 2. The molecule has 0 radical (unpaired) electrons. The van der Waals surface area contributed by atoms with E-state index in [0.717, 1.165) is 11.4 Å². The van der Waals surface area contributed by atoms with Crippen LogP contribution in [0.2, 0.25) is 0 Å². The van der Waals surface area contributed by atoms with Crippen LogP contribution >= 0.6 is 0 Å². The highest BCUT2D eigenvalue weighted by Gasteiger charge is 2.14. The number of rotatable bonds is 5. The third-order valence-corrected chi connectivity index (χ3v) is 3.21. The molecule has 2 heterocycles. The summed E-state index contributed by atoms with van der Waals surface area (Å²) in [5.74, 6) is 1.54. The number of anilines is 1. The summed E-state index contributed by atoms with van der Waals surface area (Å²) in [6.07, 6.45) is 3.33. The minimum absolute atomic E-state index is 0.227. The van der Waals surface area contributed by atoms with Crippen LogP contribution in [-0.2, 0) is 13.6 Å². The Kier molecular flexibility index (Phi) is 4.92. The van der Waals surface area contributed by atoms with Crippen molar-refractivity contribution in [2.24, 2.45) is 7.05 Å². The number of urea groups is 1. The number of carbonyl (C=O) groups is 1. The van der Waals surface area contributed by atoms with Gasteiger partial charge < -0.3 is 20.1 Å². The molecule has 0 aliphatic heterocycles. The number of hydrogen-bond donors (Lipinski definition) is 2. The number of carbonyl (C=O) groups excluding carboxylic acids is 1. The molecular weight excluding hydrogens is 282 g/mol. The summed E-state index contributed by atoms with van der Waals surface area (Å²) in [5.41, 5.74) is 0.953. The number of pyridine rings is 1. The fraction of sp³-hybridized carbons (Fsp3) is 0.429. The number of hydrogen-bond acceptors (Lipinski definition) is 5. The van der Waals surface area contributed by atoms with E-state index in [1.807, 2.05) is 45.1 Å². The van der Waals surface area contributed by atoms with E-state index in [0.29, 0.717) is 12.4 Å². The molecule has 0 spiro atoms. The first-order chi connectivity index (χ1) is 10.5. The van der Waals surface area contributed by atoms with Crippen LogP contribution in [0.15, 0.2) is 24.7 Å². The molecule has 0 aliphatic carbocycles. The second kappa shape index (κ2) is 6.88. The van der Waals surface area contributed by atoms with E-state index in [2.05, 4.69) is 25.8 Å². The first kappa shape index (κ1) is 15.7. The average molecular weight is 303 g/mol. The van der Waals surface area contributed by atoms with Gasteiger partial charge in [0.05, 0.1) is 6.04 Å². The van der Waals surface area contributed by atoms with E-state index in [-0.39, 0.29) is 12.1 Å². The van der Waals surface area contributed by atoms with Gasteiger partial charge in [0.1, 0.15) is 12.1 Å². The first-order valence-electron chi connectivity index (χ1n) is 6.98. The van der Waals surface area contributed by atoms with Crippen molar-refractivity contribution in [2.45, 2.75) is 19.5 Å². The van der Waals surface area contributed by atoms with Gasteiger partial charge in [-0.3, -0.25) is 0 Å². The van der Waals surface area contributed by atoms with Gasteiger partial charge in [0.2, 0.25) is 0 Å². The molecule has 0 unspecified atom stereocenters. The third kappa shape index (κ3) is 3.72. The van der Waals surface area contributed by atoms with Crippen LogP contribution in [0.1, 0.15) is 24.4 Å². The van der Waals surface area contributed by atoms with Crippen LogP contribution in [0.5, 0.6) is 0 Å². The molecular formula is C14H21N7O. The van der Waals surface area contributed by atoms with Gasteiger partial charge in [-0.1, -0.05) is 6.07 Å². The maximum absolute atomic E-state index is 12.0. The van der Waals surface area contributed by atoms with Crippen molar-refractivity contribution >= 4 is 11.8 Å². The predicted molar refractivity (Wildman–Crippen MR) is 83.4 cm³/mol. The normalized spacial score (nSPS) is 11.8. The fourth-order valence-electron chi connectivity index (χ4n) is 2.14. The number of nitrogens with zero attached hydrogens (tertiary/aromatic N) is 5. The Bertz CT molecular complexity index is 638. The monoisotopic (exact) mass is 303 g/mol. The van der Waals surface area contributed by atoms with Gasteiger partial charge in [-0.05, 0) is 13.0 Å². The zero-order valence-corrected chi connectivity index (χ0v) is 13.2. The molecule has 1 atom stereocenters. The lowest BCUT2D eigenvalue weighted by Gasteiger charge is -2.17. The van der Waals surface area contributed by atoms with Crippen LogP contribution in [0, 0.1) is 0 Å². The highest BCUT2D eigenvalue weighted by atomic mass is 16.2. The summed E-state index contributed by atoms with van der Waals surface area (Å²) < 4.78 is 1.77. The molecule has 0 aromatic carbocycles. The first-order valence-corrected chi connectivity index (χ1v) is 6.98. The van der Waals surface area contributed by atoms with Gasteiger partial charge in [-0.15, -0.1) is 10.2 Å². The predicted octanol–water partition coefficient (Wildman–Crippen LogP) is 0.836. The molecule has 2 aromatic heterocycles. The minimum atomic E-state index is -0.260. The van der Waals surface area contributed by atoms with Gasteiger partial charge in [0.25, 0.3) is 0 Å². The van der Waals surface area contributed by atoms with Gasteiger partial charge in [-0.25, -0.2) is 9.78 Å². The van der Waals surface area contributed by atoms with E-state index in [1.54, 1.807) is 17.1 Å². The summed E-state index contributed by atoms with van der Waals surface area (Å²) in [4.78, 5) is 18.2. The molecule has 0 saturated carbocycles. The van der Waals surface area contributed by atoms with E-state index >= 15 is 0 Å². The largest absolute Gasteiger partial charge is 0.362 e. The Hall–Kier alpha value is -2.64. The standard InChI is InChI=1S/C14H21N7O/c1-10(12-19-17-9-21(12)4)18-14(22)16-8-11-6-5-7-15-13(11)20(2)3/h5-7,9-10H,8H2,1-4H3,(H2,16,18,22)/t10-/m1/s1. The molecule has 0 aliphatic rings. The SMILES string of the molecule is C[C@@H](NC(=O)NCc1cccnc1N(C)C)c1nncn1C. The Morgan fingerprint density at radius 2 is 2.23 bits per heavy atom. The molecule has 0 bridgehead atoms. The van der Waals surface area contributed by atoms with Gasteiger partial charge in [0, 0.05) is 39.4 Å². The van der Waals surface area contributed by atoms with Crippen molar-refractivity contribution in [3.05, 3.63) is 36.0 Å². The lowest BCUT2D eigenvalue weighted by atomic mass is 10.2. The zero-order valence-electron chi connectivity index (χ0n) is 13.2. The maximum Gasteiger partial charge on any atom is 0.315 e. The van der Waals surface area contributed by atoms with Crippen molar-refractivity contribution in [1.82, 2.24) is 30.4 Å². The smallest absolute Gasteiger partial charge is 0.315 e. The van der Waals surface area contributed by atoms with Gasteiger partial charge >= 0.3 is 6.03 Å². The maximum atomic E-state index is 12.0. The second-order valence-electron chi connectivity index (χ2n) is 5.23. The number of aryl methyl sites for hydroxylation is 1. The molecule has 2 rings (SSSR count). The van der Waals surface area contributed by atoms with Crippen LogP contribution < -0.4 is 15.5 Å². The topological polar surface area (TPSA) is 88.0 Å². The second-order valence-corrected chi connectivity index (χ2v) is 5.23. The molecule has 8 heteroatoms. The molecule has 2 N–H and O–H groups in total. The zero-order chi connectivity index (χ0) is 16.1. The van der Waals surface area contributed by atoms with Crippen LogP contribution in [0.4, 0.5) is 10.6 Å². The Balaban J connectivity index is 1.92. The van der Waals surface area contributed by atoms with Gasteiger partial charge in [0.15, 0.2) is 5.82 Å². The number of aromatic nitrogens is 4. The van der Waals surface area contributed by atoms with Crippen LogP contribution in [0.3, 0.4) is 0 Å². The highest BCUT2D eigenvalue weighted by Crippen LogP contribution is 2.14. The fourth-order valence-corrected chi connectivity index (χ4v) is 2.14. The molecule has 2 aromatic rings.